The molecule has 0 spiro atoms. The Morgan fingerprint density at radius 1 is 1.37 bits per heavy atom. The molecule has 0 radical (unpaired) electrons. The molecule has 0 aliphatic rings. The van der Waals surface area contributed by atoms with Gasteiger partial charge in [0.15, 0.2) is 0 Å². The first-order valence-electron chi connectivity index (χ1n) is 5.17. The number of H-pyrrole nitrogens is 1. The van der Waals surface area contributed by atoms with Crippen LogP contribution in [-0.2, 0) is 0 Å². The zero-order valence-corrected chi connectivity index (χ0v) is 10.0. The standard InChI is InChI=1S/C11H11N3O.HNO3/c1-7-9(8-5-3-2-4-6-8)13-11(12)14-10(7)15;2-1(3)4/h2-6H,1H3,(H3,12,13,14,15);(H,2,3,4). The van der Waals surface area contributed by atoms with Crippen LogP contribution >= 0.6 is 0 Å². The van der Waals surface area contributed by atoms with Crippen LogP contribution in [0.1, 0.15) is 5.56 Å². The molecule has 0 aliphatic heterocycles. The molecule has 0 saturated carbocycles. The largest absolute Gasteiger partial charge is 0.369 e. The first kappa shape index (κ1) is 14.2. The Balaban J connectivity index is 0.000000399. The number of nitrogens with zero attached hydrogens (tertiary/aromatic N) is 2. The fourth-order valence-corrected chi connectivity index (χ4v) is 1.43. The molecule has 1 aromatic heterocycles. The van der Waals surface area contributed by atoms with Crippen molar-refractivity contribution in [1.29, 1.82) is 0 Å². The summed E-state index contributed by atoms with van der Waals surface area (Å²) >= 11 is 0. The minimum atomic E-state index is -1.50. The number of anilines is 1. The quantitative estimate of drug-likeness (QED) is 0.519. The van der Waals surface area contributed by atoms with Crippen LogP contribution in [0.25, 0.3) is 11.3 Å². The molecule has 0 amide bonds. The summed E-state index contributed by atoms with van der Waals surface area (Å²) in [6.45, 7) is 1.73. The molecular formula is C11H12N4O4. The summed E-state index contributed by atoms with van der Waals surface area (Å²) in [4.78, 5) is 26.4. The van der Waals surface area contributed by atoms with Crippen molar-refractivity contribution in [2.24, 2.45) is 0 Å². The number of aromatic amines is 1. The Bertz CT molecular complexity index is 620. The van der Waals surface area contributed by atoms with E-state index in [1.807, 2.05) is 30.3 Å². The number of nitrogens with one attached hydrogen (secondary N) is 1. The Kier molecular flexibility index (Phi) is 4.58. The van der Waals surface area contributed by atoms with Gasteiger partial charge in [-0.2, -0.15) is 0 Å². The molecule has 0 fully saturated rings. The minimum absolute atomic E-state index is 0.143. The Hall–Kier alpha value is -2.90. The zero-order chi connectivity index (χ0) is 14.4. The van der Waals surface area contributed by atoms with Gasteiger partial charge in [-0.15, -0.1) is 10.1 Å². The molecular weight excluding hydrogens is 252 g/mol. The van der Waals surface area contributed by atoms with Gasteiger partial charge in [-0.05, 0) is 6.92 Å². The van der Waals surface area contributed by atoms with Crippen molar-refractivity contribution in [3.8, 4) is 11.3 Å². The molecule has 100 valence electrons. The van der Waals surface area contributed by atoms with E-state index in [0.29, 0.717) is 11.3 Å². The van der Waals surface area contributed by atoms with Crippen molar-refractivity contribution >= 4 is 5.95 Å². The van der Waals surface area contributed by atoms with Crippen LogP contribution < -0.4 is 11.3 Å². The molecule has 0 atom stereocenters. The van der Waals surface area contributed by atoms with Crippen LogP contribution in [0, 0.1) is 17.0 Å². The molecule has 0 saturated heterocycles. The summed E-state index contributed by atoms with van der Waals surface area (Å²) in [6.07, 6.45) is 0. The lowest BCUT2D eigenvalue weighted by atomic mass is 10.1. The summed E-state index contributed by atoms with van der Waals surface area (Å²) in [7, 11) is 0. The Labute approximate surface area is 107 Å². The fraction of sp³-hybridized carbons (Fsp3) is 0.0909. The zero-order valence-electron chi connectivity index (χ0n) is 10.0. The van der Waals surface area contributed by atoms with E-state index in [1.54, 1.807) is 6.92 Å². The Morgan fingerprint density at radius 3 is 2.42 bits per heavy atom. The van der Waals surface area contributed by atoms with E-state index in [9.17, 15) is 4.79 Å². The van der Waals surface area contributed by atoms with Crippen molar-refractivity contribution in [1.82, 2.24) is 9.97 Å². The number of aromatic nitrogens is 2. The topological polar surface area (TPSA) is 135 Å². The molecule has 2 aromatic rings. The van der Waals surface area contributed by atoms with Crippen LogP contribution in [0.3, 0.4) is 0 Å². The van der Waals surface area contributed by atoms with Gasteiger partial charge < -0.3 is 10.9 Å². The molecule has 2 rings (SSSR count). The van der Waals surface area contributed by atoms with Crippen molar-refractivity contribution in [3.05, 3.63) is 56.4 Å². The monoisotopic (exact) mass is 264 g/mol. The third-order valence-corrected chi connectivity index (χ3v) is 2.22. The van der Waals surface area contributed by atoms with Gasteiger partial charge in [0.1, 0.15) is 0 Å². The number of hydrogen-bond acceptors (Lipinski definition) is 5. The molecule has 0 bridgehead atoms. The number of nitrogens with two attached hydrogens (primary N) is 1. The van der Waals surface area contributed by atoms with Gasteiger partial charge in [0, 0.05) is 11.1 Å². The maximum atomic E-state index is 11.5. The highest BCUT2D eigenvalue weighted by Gasteiger charge is 2.07. The SMILES string of the molecule is Cc1c(-c2ccccc2)nc(N)[nH]c1=O.O=[N+]([O-])O. The smallest absolute Gasteiger partial charge is 0.291 e. The molecule has 8 nitrogen and oxygen atoms in total. The predicted molar refractivity (Wildman–Crippen MR) is 68.2 cm³/mol. The molecule has 1 aromatic carbocycles. The second-order valence-corrected chi connectivity index (χ2v) is 3.53. The lowest BCUT2D eigenvalue weighted by molar-refractivity contribution is -0.742. The molecule has 4 N–H and O–H groups in total. The number of nitrogen functional groups attached to an aromatic ring is 1. The van der Waals surface area contributed by atoms with Crippen LogP contribution in [0.5, 0.6) is 0 Å². The number of rotatable bonds is 1. The van der Waals surface area contributed by atoms with Crippen molar-refractivity contribution in [2.75, 3.05) is 5.73 Å². The maximum Gasteiger partial charge on any atom is 0.291 e. The summed E-state index contributed by atoms with van der Waals surface area (Å²) in [5.41, 5.74) is 7.42. The highest BCUT2D eigenvalue weighted by Crippen LogP contribution is 2.18. The van der Waals surface area contributed by atoms with Crippen LogP contribution in [-0.4, -0.2) is 20.3 Å². The van der Waals surface area contributed by atoms with Gasteiger partial charge in [0.05, 0.1) is 5.69 Å². The first-order valence-corrected chi connectivity index (χ1v) is 5.17. The van der Waals surface area contributed by atoms with Gasteiger partial charge in [0.2, 0.25) is 5.95 Å². The number of benzene rings is 1. The van der Waals surface area contributed by atoms with E-state index < -0.39 is 5.09 Å². The first-order chi connectivity index (χ1) is 8.91. The Morgan fingerprint density at radius 2 is 1.89 bits per heavy atom. The summed E-state index contributed by atoms with van der Waals surface area (Å²) in [6, 6.07) is 9.50. The predicted octanol–water partition coefficient (Wildman–Crippen LogP) is 0.980. The van der Waals surface area contributed by atoms with E-state index in [2.05, 4.69) is 9.97 Å². The van der Waals surface area contributed by atoms with Gasteiger partial charge in [0.25, 0.3) is 10.6 Å². The molecule has 1 heterocycles. The van der Waals surface area contributed by atoms with Gasteiger partial charge in [-0.3, -0.25) is 9.78 Å². The lowest BCUT2D eigenvalue weighted by Gasteiger charge is -2.04. The summed E-state index contributed by atoms with van der Waals surface area (Å²) in [5, 5.41) is 13.6. The van der Waals surface area contributed by atoms with Crippen LogP contribution in [0.15, 0.2) is 35.1 Å². The summed E-state index contributed by atoms with van der Waals surface area (Å²) < 4.78 is 0. The van der Waals surface area contributed by atoms with Crippen LogP contribution in [0.2, 0.25) is 0 Å². The fourth-order valence-electron chi connectivity index (χ4n) is 1.43. The third kappa shape index (κ3) is 4.11. The van der Waals surface area contributed by atoms with Gasteiger partial charge >= 0.3 is 0 Å². The van der Waals surface area contributed by atoms with E-state index in [1.165, 1.54) is 0 Å². The number of hydrogen-bond donors (Lipinski definition) is 3. The van der Waals surface area contributed by atoms with Crippen molar-refractivity contribution in [2.45, 2.75) is 6.92 Å². The highest BCUT2D eigenvalue weighted by molar-refractivity contribution is 5.63. The average Bonchev–Trinajstić information content (AvgIpc) is 2.34. The maximum absolute atomic E-state index is 11.5. The van der Waals surface area contributed by atoms with Crippen LogP contribution in [0.4, 0.5) is 5.95 Å². The second-order valence-electron chi connectivity index (χ2n) is 3.53. The van der Waals surface area contributed by atoms with Gasteiger partial charge in [-0.1, -0.05) is 30.3 Å². The normalized spacial score (nSPS) is 9.32. The minimum Gasteiger partial charge on any atom is -0.369 e. The highest BCUT2D eigenvalue weighted by atomic mass is 16.9. The second kappa shape index (κ2) is 6.15. The third-order valence-electron chi connectivity index (χ3n) is 2.22. The van der Waals surface area contributed by atoms with Crippen molar-refractivity contribution < 1.29 is 10.3 Å². The lowest BCUT2D eigenvalue weighted by Crippen LogP contribution is -2.15. The van der Waals surface area contributed by atoms with E-state index in [4.69, 9.17) is 21.1 Å². The van der Waals surface area contributed by atoms with E-state index >= 15 is 0 Å². The average molecular weight is 264 g/mol. The molecule has 8 heteroatoms. The molecule has 0 aliphatic carbocycles. The molecule has 0 unspecified atom stereocenters. The van der Waals surface area contributed by atoms with E-state index in [0.717, 1.165) is 5.56 Å². The van der Waals surface area contributed by atoms with Crippen molar-refractivity contribution in [3.63, 3.8) is 0 Å². The molecule has 19 heavy (non-hydrogen) atoms. The summed E-state index contributed by atoms with van der Waals surface area (Å²) in [5.74, 6) is 0.143. The van der Waals surface area contributed by atoms with E-state index in [-0.39, 0.29) is 11.5 Å². The van der Waals surface area contributed by atoms with Gasteiger partial charge in [-0.25, -0.2) is 4.98 Å².